The maximum absolute atomic E-state index is 13.2. The van der Waals surface area contributed by atoms with E-state index in [0.717, 1.165) is 4.90 Å². The minimum atomic E-state index is -1.12. The lowest BCUT2D eigenvalue weighted by molar-refractivity contribution is -0.137. The van der Waals surface area contributed by atoms with Crippen LogP contribution in [0, 0.1) is 6.92 Å². The fraction of sp³-hybridized carbons (Fsp3) is 0.391. The molecule has 14 heteroatoms. The van der Waals surface area contributed by atoms with Gasteiger partial charge in [-0.2, -0.15) is 0 Å². The van der Waals surface area contributed by atoms with Crippen LogP contribution in [-0.4, -0.2) is 53.9 Å². The topological polar surface area (TPSA) is 224 Å². The fourth-order valence-corrected chi connectivity index (χ4v) is 3.60. The van der Waals surface area contributed by atoms with Crippen LogP contribution in [0.1, 0.15) is 37.7 Å². The van der Waals surface area contributed by atoms with Gasteiger partial charge in [-0.1, -0.05) is 0 Å². The molecular formula is C23H31ClN6O7. The summed E-state index contributed by atoms with van der Waals surface area (Å²) in [5.74, 6) is -3.13. The lowest BCUT2D eigenvalue weighted by Gasteiger charge is -2.30. The van der Waals surface area contributed by atoms with Gasteiger partial charge in [-0.3, -0.25) is 29.1 Å². The van der Waals surface area contributed by atoms with Crippen LogP contribution in [0.5, 0.6) is 0 Å². The number of hydrogen-bond donors (Lipinski definition) is 5. The van der Waals surface area contributed by atoms with E-state index in [1.54, 1.807) is 19.1 Å². The summed E-state index contributed by atoms with van der Waals surface area (Å²) < 4.78 is 5.27. The first-order chi connectivity index (χ1) is 17.0. The van der Waals surface area contributed by atoms with Gasteiger partial charge in [0.15, 0.2) is 5.96 Å². The standard InChI is InChI=1S/C23H30N6O7.ClH/c1-13-10-21(34)36-17-11-14(7-8-15(13)17)29(16(22(24)35)4-3-9-27-23(25)26)19(31)12-28-18(30)5-2-6-20(32)33;/h7-8,10-11,16H,2-6,9,12H2,1H3,(H2,24,35)(H,28,30)(H,32,33)(H4,25,26,27);1H. The van der Waals surface area contributed by atoms with Crippen molar-refractivity contribution in [2.45, 2.75) is 45.1 Å². The number of carbonyl (C=O) groups is 4. The Hall–Kier alpha value is -4.13. The highest BCUT2D eigenvalue weighted by molar-refractivity contribution is 6.03. The van der Waals surface area contributed by atoms with Crippen molar-refractivity contribution in [1.82, 2.24) is 5.32 Å². The molecule has 1 unspecified atom stereocenters. The molecule has 1 aromatic carbocycles. The smallest absolute Gasteiger partial charge is 0.336 e. The van der Waals surface area contributed by atoms with Crippen molar-refractivity contribution in [3.05, 3.63) is 40.2 Å². The number of carboxylic acid groups (broad SMARTS) is 1. The van der Waals surface area contributed by atoms with Gasteiger partial charge in [0.05, 0.1) is 6.54 Å². The highest BCUT2D eigenvalue weighted by atomic mass is 35.5. The van der Waals surface area contributed by atoms with Crippen molar-refractivity contribution in [3.63, 3.8) is 0 Å². The number of nitrogens with one attached hydrogen (secondary N) is 1. The Bertz CT molecular complexity index is 1230. The summed E-state index contributed by atoms with van der Waals surface area (Å²) >= 11 is 0. The van der Waals surface area contributed by atoms with Gasteiger partial charge in [0, 0.05) is 42.6 Å². The molecule has 37 heavy (non-hydrogen) atoms. The third kappa shape index (κ3) is 9.44. The van der Waals surface area contributed by atoms with Crippen molar-refractivity contribution in [2.24, 2.45) is 22.2 Å². The van der Waals surface area contributed by atoms with Crippen molar-refractivity contribution in [1.29, 1.82) is 0 Å². The Morgan fingerprint density at radius 1 is 1.11 bits per heavy atom. The number of carbonyl (C=O) groups excluding carboxylic acids is 3. The first kappa shape index (κ1) is 30.9. The number of carboxylic acids is 1. The second-order valence-corrected chi connectivity index (χ2v) is 8.08. The van der Waals surface area contributed by atoms with Crippen molar-refractivity contribution in [2.75, 3.05) is 18.0 Å². The molecule has 0 saturated carbocycles. The molecule has 0 bridgehead atoms. The maximum Gasteiger partial charge on any atom is 0.336 e. The number of primary amides is 1. The molecule has 1 aromatic heterocycles. The monoisotopic (exact) mass is 538 g/mol. The van der Waals surface area contributed by atoms with Gasteiger partial charge < -0.3 is 32.0 Å². The van der Waals surface area contributed by atoms with Crippen LogP contribution in [0.25, 0.3) is 11.0 Å². The van der Waals surface area contributed by atoms with Crippen molar-refractivity contribution in [3.8, 4) is 0 Å². The van der Waals surface area contributed by atoms with E-state index in [0.29, 0.717) is 17.4 Å². The number of aryl methyl sites for hydroxylation is 1. The Balaban J connectivity index is 0.00000684. The predicted octanol–water partition coefficient (Wildman–Crippen LogP) is 0.135. The summed E-state index contributed by atoms with van der Waals surface area (Å²) in [5, 5.41) is 11.8. The molecule has 202 valence electrons. The largest absolute Gasteiger partial charge is 0.481 e. The van der Waals surface area contributed by atoms with Gasteiger partial charge >= 0.3 is 11.6 Å². The summed E-state index contributed by atoms with van der Waals surface area (Å²) in [7, 11) is 0. The van der Waals surface area contributed by atoms with E-state index in [4.69, 9.17) is 26.7 Å². The molecule has 1 heterocycles. The van der Waals surface area contributed by atoms with Gasteiger partial charge in [0.1, 0.15) is 11.6 Å². The van der Waals surface area contributed by atoms with Crippen LogP contribution in [0.4, 0.5) is 5.69 Å². The molecular weight excluding hydrogens is 508 g/mol. The van der Waals surface area contributed by atoms with E-state index in [2.05, 4.69) is 10.3 Å². The minimum absolute atomic E-state index is 0. The average Bonchev–Trinajstić information content (AvgIpc) is 2.78. The van der Waals surface area contributed by atoms with Crippen LogP contribution in [0.2, 0.25) is 0 Å². The SMILES string of the molecule is Cc1cc(=O)oc2cc(N(C(=O)CNC(=O)CCCC(=O)O)C(CCCN=C(N)N)C(N)=O)ccc12.Cl. The van der Waals surface area contributed by atoms with Gasteiger partial charge in [-0.05, 0) is 43.9 Å². The molecule has 0 spiro atoms. The summed E-state index contributed by atoms with van der Waals surface area (Å²) in [6.45, 7) is 1.46. The van der Waals surface area contributed by atoms with E-state index in [1.165, 1.54) is 12.1 Å². The Morgan fingerprint density at radius 2 is 1.81 bits per heavy atom. The average molecular weight is 539 g/mol. The van der Waals surface area contributed by atoms with E-state index in [-0.39, 0.29) is 61.9 Å². The highest BCUT2D eigenvalue weighted by Crippen LogP contribution is 2.26. The number of rotatable bonds is 13. The van der Waals surface area contributed by atoms with Gasteiger partial charge in [-0.15, -0.1) is 12.4 Å². The zero-order valence-electron chi connectivity index (χ0n) is 20.3. The van der Waals surface area contributed by atoms with E-state index >= 15 is 0 Å². The molecule has 0 fully saturated rings. The summed E-state index contributed by atoms with van der Waals surface area (Å²) in [5.41, 5.74) is 16.8. The third-order valence-corrected chi connectivity index (χ3v) is 5.28. The number of halogens is 1. The van der Waals surface area contributed by atoms with E-state index < -0.39 is 41.9 Å². The molecule has 0 aliphatic carbocycles. The molecule has 0 saturated heterocycles. The number of amides is 3. The number of nitrogens with two attached hydrogens (primary N) is 3. The van der Waals surface area contributed by atoms with Gasteiger partial charge in [0.25, 0.3) is 0 Å². The molecule has 0 aliphatic heterocycles. The Labute approximate surface area is 218 Å². The summed E-state index contributed by atoms with van der Waals surface area (Å²) in [4.78, 5) is 65.2. The number of nitrogens with zero attached hydrogens (tertiary/aromatic N) is 2. The second kappa shape index (κ2) is 14.4. The van der Waals surface area contributed by atoms with Crippen LogP contribution < -0.4 is 33.0 Å². The molecule has 13 nitrogen and oxygen atoms in total. The molecule has 8 N–H and O–H groups in total. The zero-order valence-corrected chi connectivity index (χ0v) is 21.1. The Kier molecular flexibility index (Phi) is 12.1. The Morgan fingerprint density at radius 3 is 2.43 bits per heavy atom. The molecule has 3 amide bonds. The van der Waals surface area contributed by atoms with Crippen LogP contribution >= 0.6 is 12.4 Å². The lowest BCUT2D eigenvalue weighted by atomic mass is 10.1. The number of aliphatic imine (C=N–C) groups is 1. The highest BCUT2D eigenvalue weighted by Gasteiger charge is 2.30. The first-order valence-corrected chi connectivity index (χ1v) is 11.2. The molecule has 2 aromatic rings. The van der Waals surface area contributed by atoms with E-state index in [9.17, 15) is 24.0 Å². The van der Waals surface area contributed by atoms with Gasteiger partial charge in [-0.25, -0.2) is 4.79 Å². The van der Waals surface area contributed by atoms with Crippen molar-refractivity contribution < 1.29 is 28.7 Å². The number of anilines is 1. The van der Waals surface area contributed by atoms with Crippen LogP contribution in [0.3, 0.4) is 0 Å². The lowest BCUT2D eigenvalue weighted by Crippen LogP contribution is -2.51. The zero-order chi connectivity index (χ0) is 26.8. The maximum atomic E-state index is 13.2. The predicted molar refractivity (Wildman–Crippen MR) is 139 cm³/mol. The molecule has 1 atom stereocenters. The molecule has 0 radical (unpaired) electrons. The quantitative estimate of drug-likeness (QED) is 0.101. The number of fused-ring (bicyclic) bond motifs is 1. The number of benzene rings is 1. The van der Waals surface area contributed by atoms with E-state index in [1.807, 2.05) is 0 Å². The number of guanidine groups is 1. The summed E-state index contributed by atoms with van der Waals surface area (Å²) in [6, 6.07) is 4.88. The summed E-state index contributed by atoms with van der Waals surface area (Å²) in [6.07, 6.45) is 0.266. The number of hydrogen-bond acceptors (Lipinski definition) is 7. The first-order valence-electron chi connectivity index (χ1n) is 11.2. The molecule has 2 rings (SSSR count). The van der Waals surface area contributed by atoms with Crippen LogP contribution in [-0.2, 0) is 19.2 Å². The molecule has 0 aliphatic rings. The normalized spacial score (nSPS) is 11.2. The second-order valence-electron chi connectivity index (χ2n) is 8.08. The fourth-order valence-electron chi connectivity index (χ4n) is 3.60. The van der Waals surface area contributed by atoms with Gasteiger partial charge in [0.2, 0.25) is 17.7 Å². The third-order valence-electron chi connectivity index (χ3n) is 5.28. The minimum Gasteiger partial charge on any atom is -0.481 e. The van der Waals surface area contributed by atoms with Crippen LogP contribution in [0.15, 0.2) is 38.5 Å². The van der Waals surface area contributed by atoms with Crippen molar-refractivity contribution >= 4 is 58.7 Å². The number of aliphatic carboxylic acids is 1.